The number of hydrogen-bond donors (Lipinski definition) is 1. The molecule has 0 saturated heterocycles. The molecule has 4 heteroatoms. The van der Waals surface area contributed by atoms with E-state index in [-0.39, 0.29) is 0 Å². The summed E-state index contributed by atoms with van der Waals surface area (Å²) >= 11 is 1.69. The maximum absolute atomic E-state index is 10.5. The van der Waals surface area contributed by atoms with Gasteiger partial charge in [-0.05, 0) is 49.9 Å². The van der Waals surface area contributed by atoms with Crippen LogP contribution >= 0.6 is 11.3 Å². The van der Waals surface area contributed by atoms with E-state index in [0.29, 0.717) is 6.04 Å². The highest BCUT2D eigenvalue weighted by Gasteiger charge is 2.11. The molecule has 0 radical (unpaired) electrons. The fourth-order valence-electron chi connectivity index (χ4n) is 1.78. The lowest BCUT2D eigenvalue weighted by Crippen LogP contribution is -2.30. The van der Waals surface area contributed by atoms with E-state index in [1.165, 1.54) is 11.0 Å². The second kappa shape index (κ2) is 7.34. The van der Waals surface area contributed by atoms with Crippen molar-refractivity contribution in [3.8, 4) is 0 Å². The number of rotatable bonds is 7. The minimum absolute atomic E-state index is 0.503. The molecule has 100 valence electrons. The van der Waals surface area contributed by atoms with Gasteiger partial charge in [-0.2, -0.15) is 0 Å². The molecular weight excluding hydrogens is 246 g/mol. The molecule has 1 rings (SSSR count). The van der Waals surface area contributed by atoms with Crippen LogP contribution in [0.5, 0.6) is 0 Å². The number of carboxylic acid groups (broad SMARTS) is 1. The molecule has 0 unspecified atom stereocenters. The molecular formula is C14H21NO2S. The van der Waals surface area contributed by atoms with Crippen LogP contribution < -0.4 is 0 Å². The molecule has 0 aliphatic rings. The van der Waals surface area contributed by atoms with E-state index in [1.54, 1.807) is 17.4 Å². The van der Waals surface area contributed by atoms with Crippen molar-refractivity contribution in [3.05, 3.63) is 28.0 Å². The average Bonchev–Trinajstić information content (AvgIpc) is 2.73. The van der Waals surface area contributed by atoms with Gasteiger partial charge in [0, 0.05) is 23.5 Å². The van der Waals surface area contributed by atoms with Gasteiger partial charge in [0.15, 0.2) is 0 Å². The van der Waals surface area contributed by atoms with Crippen molar-refractivity contribution >= 4 is 23.4 Å². The molecule has 0 aliphatic carbocycles. The smallest absolute Gasteiger partial charge is 0.328 e. The normalized spacial score (nSPS) is 11.8. The van der Waals surface area contributed by atoms with Gasteiger partial charge in [0.1, 0.15) is 0 Å². The summed E-state index contributed by atoms with van der Waals surface area (Å²) in [5.41, 5.74) is 1.02. The van der Waals surface area contributed by atoms with Crippen LogP contribution in [0, 0.1) is 0 Å². The first-order chi connectivity index (χ1) is 8.54. The van der Waals surface area contributed by atoms with E-state index in [1.807, 2.05) is 11.4 Å². The van der Waals surface area contributed by atoms with E-state index in [4.69, 9.17) is 5.11 Å². The highest BCUT2D eigenvalue weighted by atomic mass is 32.1. The van der Waals surface area contributed by atoms with Gasteiger partial charge < -0.3 is 5.11 Å². The Morgan fingerprint density at radius 2 is 2.28 bits per heavy atom. The summed E-state index contributed by atoms with van der Waals surface area (Å²) in [6.07, 6.45) is 4.01. The van der Waals surface area contributed by atoms with Crippen LogP contribution in [0.15, 0.2) is 17.5 Å². The fraction of sp³-hybridized carbons (Fsp3) is 0.500. The largest absolute Gasteiger partial charge is 0.478 e. The summed E-state index contributed by atoms with van der Waals surface area (Å²) in [4.78, 5) is 14.2. The molecule has 0 atom stereocenters. The Kier molecular flexibility index (Phi) is 6.09. The van der Waals surface area contributed by atoms with Crippen LogP contribution in [0.1, 0.15) is 37.6 Å². The third kappa shape index (κ3) is 4.63. The highest BCUT2D eigenvalue weighted by Crippen LogP contribution is 2.21. The maximum atomic E-state index is 10.5. The van der Waals surface area contributed by atoms with Crippen molar-refractivity contribution in [2.45, 2.75) is 39.8 Å². The number of nitrogens with zero attached hydrogens (tertiary/aromatic N) is 1. The van der Waals surface area contributed by atoms with Gasteiger partial charge >= 0.3 is 5.97 Å². The molecule has 1 N–H and O–H groups in total. The van der Waals surface area contributed by atoms with Gasteiger partial charge in [0.2, 0.25) is 0 Å². The van der Waals surface area contributed by atoms with Crippen molar-refractivity contribution < 1.29 is 9.90 Å². The third-order valence-electron chi connectivity index (χ3n) is 2.77. The topological polar surface area (TPSA) is 40.5 Å². The summed E-state index contributed by atoms with van der Waals surface area (Å²) in [6, 6.07) is 2.48. The number of hydrogen-bond acceptors (Lipinski definition) is 3. The van der Waals surface area contributed by atoms with Crippen LogP contribution in [0.2, 0.25) is 0 Å². The van der Waals surface area contributed by atoms with Crippen molar-refractivity contribution in [1.82, 2.24) is 4.90 Å². The molecule has 1 aromatic rings. The van der Waals surface area contributed by atoms with E-state index in [2.05, 4.69) is 25.7 Å². The van der Waals surface area contributed by atoms with Crippen molar-refractivity contribution in [2.24, 2.45) is 0 Å². The lowest BCUT2D eigenvalue weighted by Gasteiger charge is -2.25. The van der Waals surface area contributed by atoms with Gasteiger partial charge in [0.05, 0.1) is 0 Å². The first-order valence-corrected chi connectivity index (χ1v) is 7.14. The standard InChI is InChI=1S/C14H21NO2S/c1-4-8-15(11(2)3)10-13-12(7-9-18-13)5-6-14(16)17/h5-7,9,11H,4,8,10H2,1-3H3,(H,16,17). The van der Waals surface area contributed by atoms with Gasteiger partial charge in [-0.25, -0.2) is 4.79 Å². The second-order valence-electron chi connectivity index (χ2n) is 4.53. The molecule has 0 saturated carbocycles. The number of thiophene rings is 1. The molecule has 0 fully saturated rings. The Labute approximate surface area is 113 Å². The highest BCUT2D eigenvalue weighted by molar-refractivity contribution is 7.10. The van der Waals surface area contributed by atoms with Crippen molar-refractivity contribution in [3.63, 3.8) is 0 Å². The van der Waals surface area contributed by atoms with Gasteiger partial charge in [-0.15, -0.1) is 11.3 Å². The molecule has 1 heterocycles. The van der Waals surface area contributed by atoms with E-state index in [9.17, 15) is 4.79 Å². The molecule has 0 aromatic carbocycles. The third-order valence-corrected chi connectivity index (χ3v) is 3.69. The monoisotopic (exact) mass is 267 g/mol. The number of carboxylic acids is 1. The van der Waals surface area contributed by atoms with Gasteiger partial charge in [-0.3, -0.25) is 4.90 Å². The Morgan fingerprint density at radius 3 is 2.83 bits per heavy atom. The summed E-state index contributed by atoms with van der Waals surface area (Å²) in [5.74, 6) is -0.901. The molecule has 1 aromatic heterocycles. The Hall–Kier alpha value is -1.13. The molecule has 0 spiro atoms. The van der Waals surface area contributed by atoms with Crippen molar-refractivity contribution in [2.75, 3.05) is 6.54 Å². The fourth-order valence-corrected chi connectivity index (χ4v) is 2.67. The Morgan fingerprint density at radius 1 is 1.56 bits per heavy atom. The quantitative estimate of drug-likeness (QED) is 0.769. The summed E-state index contributed by atoms with van der Waals surface area (Å²) < 4.78 is 0. The summed E-state index contributed by atoms with van der Waals surface area (Å²) in [6.45, 7) is 8.52. The SMILES string of the molecule is CCCN(Cc1sccc1C=CC(=O)O)C(C)C. The van der Waals surface area contributed by atoms with Gasteiger partial charge in [-0.1, -0.05) is 6.92 Å². The number of carbonyl (C=O) groups is 1. The van der Waals surface area contributed by atoms with Crippen LogP contribution in [0.25, 0.3) is 6.08 Å². The summed E-state index contributed by atoms with van der Waals surface area (Å²) in [5, 5.41) is 10.7. The summed E-state index contributed by atoms with van der Waals surface area (Å²) in [7, 11) is 0. The predicted octanol–water partition coefficient (Wildman–Crippen LogP) is 3.47. The number of aliphatic carboxylic acids is 1. The van der Waals surface area contributed by atoms with Crippen molar-refractivity contribution in [1.29, 1.82) is 0 Å². The molecule has 0 aliphatic heterocycles. The first-order valence-electron chi connectivity index (χ1n) is 6.26. The predicted molar refractivity (Wildman–Crippen MR) is 76.8 cm³/mol. The molecule has 3 nitrogen and oxygen atoms in total. The lowest BCUT2D eigenvalue weighted by atomic mass is 10.2. The van der Waals surface area contributed by atoms with E-state index in [0.717, 1.165) is 25.1 Å². The first kappa shape index (κ1) is 14.9. The van der Waals surface area contributed by atoms with Crippen LogP contribution in [0.4, 0.5) is 0 Å². The Bertz CT molecular complexity index is 410. The second-order valence-corrected chi connectivity index (χ2v) is 5.54. The van der Waals surface area contributed by atoms with E-state index < -0.39 is 5.97 Å². The zero-order chi connectivity index (χ0) is 13.5. The maximum Gasteiger partial charge on any atom is 0.328 e. The molecule has 18 heavy (non-hydrogen) atoms. The minimum Gasteiger partial charge on any atom is -0.478 e. The minimum atomic E-state index is -0.901. The van der Waals surface area contributed by atoms with Crippen LogP contribution in [-0.4, -0.2) is 28.6 Å². The van der Waals surface area contributed by atoms with Crippen LogP contribution in [0.3, 0.4) is 0 Å². The zero-order valence-electron chi connectivity index (χ0n) is 11.2. The average molecular weight is 267 g/mol. The Balaban J connectivity index is 2.77. The van der Waals surface area contributed by atoms with Gasteiger partial charge in [0.25, 0.3) is 0 Å². The zero-order valence-corrected chi connectivity index (χ0v) is 12.0. The molecule has 0 bridgehead atoms. The molecule has 0 amide bonds. The lowest BCUT2D eigenvalue weighted by molar-refractivity contribution is -0.131. The van der Waals surface area contributed by atoms with E-state index >= 15 is 0 Å². The van der Waals surface area contributed by atoms with Crippen LogP contribution in [-0.2, 0) is 11.3 Å².